The number of benzene rings is 4. The highest BCUT2D eigenvalue weighted by Gasteiger charge is 2.52. The van der Waals surface area contributed by atoms with Gasteiger partial charge in [0, 0.05) is 151 Å². The van der Waals surface area contributed by atoms with Crippen molar-refractivity contribution in [1.29, 1.82) is 0 Å². The third-order valence-electron chi connectivity index (χ3n) is 22.4. The van der Waals surface area contributed by atoms with Gasteiger partial charge in [-0.15, -0.1) is 0 Å². The number of aromatic nitrogens is 4. The Morgan fingerprint density at radius 1 is 0.438 bits per heavy atom. The lowest BCUT2D eigenvalue weighted by Gasteiger charge is -2.28. The standard InChI is InChI=1S/C21H28N3O5S.C21H27N3O5S.C21H27N3O4S.C16H19N3O3S/c1-14-10-22(26)11-16-6-5-7-18(19(14)16)30(27,28)23-12-15-8-9-24(17(15)13-23)20(25)29-21(2,3)4;1-13-10-22-19(25)15-6-5-7-17(18(13)15)30(27,28)23-11-14-8-9-24(16(14)12-23)20(26)29-21(2,3)4;1-14-10-22-11-15-6-5-7-18(19(14)15)29(26,27)23-12-16-8-9-24(17(16)13-23)20(25)28-21(2,3)4;1-10-7-18-16(20)12-3-2-4-14(15(10)12)23(21,22)19-8-11-5-6-17-13(11)9-19/h5-7,10-11,15,17,26H,8-9,12-13H2,1-4H3;5-7,10,14,16H,8-9,11-12H2,1-4H3,(H,22,25);5-7,10-11,16-17H,8-9,12-13H2,1-4H3;2-4,7,11,13,17H,5-6,8-9H2,1H3,(H,18,20)/q+1;;;/t15-,17+;14-,16+;16-,17+;11-,13+/m0000/s1. The molecule has 0 saturated carbocycles. The highest BCUT2D eigenvalue weighted by atomic mass is 32.2. The van der Waals surface area contributed by atoms with Crippen molar-refractivity contribution in [2.75, 3.05) is 78.5 Å². The SMILES string of the molecule is Cc1c[n+](O)cc2cccc(S(=O)(=O)N3C[C@@H]4CCN(C(=O)OC(C)(C)C)[C@@H]4C3)c12.Cc1c[nH]c(=O)c2cccc(S(=O)(=O)N3C[C@@H]4CCN(C(=O)OC(C)(C)C)[C@@H]4C3)c12.Cc1c[nH]c(=O)c2cccc(S(=O)(=O)N3C[C@@H]4CCN[C@@H]4C3)c12.Cc1cncc2cccc(S(=O)(=O)N3C[C@@H]4CCN(C(=O)OC(C)(C)C)[C@@H]4C3)c12. The van der Waals surface area contributed by atoms with Crippen LogP contribution < -0.4 is 21.2 Å². The summed E-state index contributed by atoms with van der Waals surface area (Å²) in [6, 6.07) is 19.7. The summed E-state index contributed by atoms with van der Waals surface area (Å²) in [5, 5.41) is 17.7. The molecule has 0 bridgehead atoms. The van der Waals surface area contributed by atoms with Crippen molar-refractivity contribution in [1.82, 2.24) is 52.2 Å². The fraction of sp³-hybridized carbons (Fsp3) is 0.506. The summed E-state index contributed by atoms with van der Waals surface area (Å²) in [5.41, 5.74) is 0.602. The molecule has 29 nitrogen and oxygen atoms in total. The highest BCUT2D eigenvalue weighted by Crippen LogP contribution is 2.42. The Morgan fingerprint density at radius 3 is 1.19 bits per heavy atom. The molecule has 602 valence electrons. The number of hydrogen-bond acceptors (Lipinski definition) is 19. The normalized spacial score (nSPS) is 23.1. The monoisotopic (exact) mass is 1620 g/mol. The van der Waals surface area contributed by atoms with E-state index in [0.29, 0.717) is 119 Å². The Labute approximate surface area is 653 Å². The second-order valence-corrected chi connectivity index (χ2v) is 41.2. The Hall–Kier alpha value is -8.67. The van der Waals surface area contributed by atoms with Gasteiger partial charge in [0.05, 0.1) is 43.1 Å². The van der Waals surface area contributed by atoms with Crippen molar-refractivity contribution >= 4 is 101 Å². The number of likely N-dealkylation sites (tertiary alicyclic amines) is 3. The number of rotatable bonds is 8. The largest absolute Gasteiger partial charge is 0.444 e. The number of ether oxygens (including phenoxy) is 3. The minimum atomic E-state index is -3.83. The molecule has 4 N–H and O–H groups in total. The quantitative estimate of drug-likeness (QED) is 0.0627. The summed E-state index contributed by atoms with van der Waals surface area (Å²) < 4.78 is 131. The molecule has 8 aromatic rings. The number of H-pyrrole nitrogens is 2. The molecule has 0 radical (unpaired) electrons. The van der Waals surface area contributed by atoms with Crippen molar-refractivity contribution in [3.63, 3.8) is 0 Å². The first-order chi connectivity index (χ1) is 52.5. The second kappa shape index (κ2) is 30.6. The summed E-state index contributed by atoms with van der Waals surface area (Å²) in [6.45, 7) is 29.4. The van der Waals surface area contributed by atoms with Crippen LogP contribution in [0, 0.1) is 51.4 Å². The molecule has 4 aromatic carbocycles. The number of hydrogen-bond donors (Lipinski definition) is 4. The number of sulfonamides is 4. The van der Waals surface area contributed by atoms with Gasteiger partial charge in [0.1, 0.15) is 16.8 Å². The van der Waals surface area contributed by atoms with E-state index in [1.165, 1.54) is 31.5 Å². The van der Waals surface area contributed by atoms with Crippen molar-refractivity contribution in [3.8, 4) is 0 Å². The molecule has 8 aliphatic rings. The van der Waals surface area contributed by atoms with Gasteiger partial charge in [0.2, 0.25) is 52.5 Å². The van der Waals surface area contributed by atoms with E-state index in [4.69, 9.17) is 14.2 Å². The van der Waals surface area contributed by atoms with Crippen LogP contribution in [0.25, 0.3) is 43.1 Å². The van der Waals surface area contributed by atoms with E-state index < -0.39 is 63.0 Å². The molecule has 12 heterocycles. The lowest BCUT2D eigenvalue weighted by atomic mass is 10.1. The maximum Gasteiger partial charge on any atom is 0.410 e. The number of carbonyl (C=O) groups is 3. The zero-order chi connectivity index (χ0) is 80.9. The summed E-state index contributed by atoms with van der Waals surface area (Å²) in [4.78, 5) is 77.4. The second-order valence-electron chi connectivity index (χ2n) is 33.6. The maximum atomic E-state index is 13.5. The van der Waals surface area contributed by atoms with Crippen LogP contribution in [0.2, 0.25) is 0 Å². The Bertz CT molecular complexity index is 5630. The molecule has 0 aliphatic carbocycles. The minimum absolute atomic E-state index is 0.0757. The van der Waals surface area contributed by atoms with E-state index in [1.807, 2.05) is 82.2 Å². The lowest BCUT2D eigenvalue weighted by Crippen LogP contribution is -2.43. The van der Waals surface area contributed by atoms with E-state index in [0.717, 1.165) is 53.5 Å². The Balaban J connectivity index is 0.000000131. The van der Waals surface area contributed by atoms with Crippen molar-refractivity contribution in [3.05, 3.63) is 153 Å². The summed E-state index contributed by atoms with van der Waals surface area (Å²) in [7, 11) is -14.9. The average Bonchev–Trinajstić information content (AvgIpc) is 1.49. The first-order valence-corrected chi connectivity index (χ1v) is 43.7. The van der Waals surface area contributed by atoms with Crippen molar-refractivity contribution in [2.24, 2.45) is 23.7 Å². The number of fused-ring (bicyclic) bond motifs is 8. The molecular weight excluding hydrogens is 1520 g/mol. The van der Waals surface area contributed by atoms with Crippen LogP contribution in [0.4, 0.5) is 14.4 Å². The van der Waals surface area contributed by atoms with Crippen LogP contribution in [0.15, 0.2) is 139 Å². The van der Waals surface area contributed by atoms with Crippen LogP contribution >= 0.6 is 0 Å². The van der Waals surface area contributed by atoms with E-state index in [1.54, 1.807) is 118 Å². The molecule has 3 amide bonds. The first kappa shape index (κ1) is 81.3. The molecular formula is C79H101N12O17S4+. The van der Waals surface area contributed by atoms with Gasteiger partial charge >= 0.3 is 18.3 Å². The zero-order valence-electron chi connectivity index (χ0n) is 65.5. The predicted octanol–water partition coefficient (Wildman–Crippen LogP) is 8.76. The molecule has 16 rings (SSSR count). The fourth-order valence-electron chi connectivity index (χ4n) is 17.2. The summed E-state index contributed by atoms with van der Waals surface area (Å²) in [5.74, 6) is 0.703. The number of nitrogens with one attached hydrogen (secondary N) is 3. The van der Waals surface area contributed by atoms with Crippen molar-refractivity contribution < 1.29 is 72.2 Å². The molecule has 4 aromatic heterocycles. The zero-order valence-corrected chi connectivity index (χ0v) is 68.7. The third kappa shape index (κ3) is 16.1. The number of carbonyl (C=O) groups excluding carboxylic acids is 3. The van der Waals surface area contributed by atoms with E-state index in [2.05, 4.69) is 20.3 Å². The van der Waals surface area contributed by atoms with Gasteiger partial charge in [-0.05, 0) is 205 Å². The third-order valence-corrected chi connectivity index (χ3v) is 29.9. The number of aryl methyl sites for hydroxylation is 4. The maximum absolute atomic E-state index is 13.5. The van der Waals surface area contributed by atoms with E-state index in [9.17, 15) is 62.9 Å². The smallest absolute Gasteiger partial charge is 0.410 e. The molecule has 112 heavy (non-hydrogen) atoms. The fourth-order valence-corrected chi connectivity index (χ4v) is 24.4. The molecule has 8 saturated heterocycles. The van der Waals surface area contributed by atoms with Crippen LogP contribution in [0.5, 0.6) is 0 Å². The van der Waals surface area contributed by atoms with Gasteiger partial charge < -0.3 is 44.2 Å². The van der Waals surface area contributed by atoms with Gasteiger partial charge in [-0.1, -0.05) is 30.3 Å². The highest BCUT2D eigenvalue weighted by molar-refractivity contribution is 7.90. The van der Waals surface area contributed by atoms with Gasteiger partial charge in [0.15, 0.2) is 0 Å². The molecule has 8 aliphatic heterocycles. The lowest BCUT2D eigenvalue weighted by molar-refractivity contribution is -0.904. The Morgan fingerprint density at radius 2 is 0.795 bits per heavy atom. The molecule has 0 unspecified atom stereocenters. The summed E-state index contributed by atoms with van der Waals surface area (Å²) >= 11 is 0. The van der Waals surface area contributed by atoms with Gasteiger partial charge in [-0.3, -0.25) is 19.8 Å². The molecule has 8 atom stereocenters. The number of nitrogens with zero attached hydrogens (tertiary/aromatic N) is 9. The van der Waals surface area contributed by atoms with E-state index >= 15 is 0 Å². The molecule has 0 spiro atoms. The van der Waals surface area contributed by atoms with Gasteiger partial charge in [-0.25, -0.2) is 48.1 Å². The van der Waals surface area contributed by atoms with Crippen LogP contribution in [0.3, 0.4) is 0 Å². The number of amides is 3. The minimum Gasteiger partial charge on any atom is -0.444 e. The van der Waals surface area contributed by atoms with Crippen LogP contribution in [-0.4, -0.2) is 224 Å². The predicted molar refractivity (Wildman–Crippen MR) is 421 cm³/mol. The topological polar surface area (TPSA) is 353 Å². The molecule has 33 heteroatoms. The average molecular weight is 1620 g/mol. The Kier molecular flexibility index (Phi) is 22.2. The van der Waals surface area contributed by atoms with Crippen LogP contribution in [-0.2, 0) is 54.3 Å². The summed E-state index contributed by atoms with van der Waals surface area (Å²) in [6.07, 6.45) is 11.6. The number of aromatic amines is 2. The first-order valence-electron chi connectivity index (χ1n) is 37.9. The van der Waals surface area contributed by atoms with Crippen molar-refractivity contribution in [2.45, 2.75) is 176 Å². The van der Waals surface area contributed by atoms with Crippen LogP contribution in [0.1, 0.15) is 110 Å². The molecule has 8 fully saturated rings. The van der Waals surface area contributed by atoms with E-state index in [-0.39, 0.29) is 93.0 Å². The number of pyridine rings is 4. The van der Waals surface area contributed by atoms with Gasteiger partial charge in [-0.2, -0.15) is 17.2 Å². The van der Waals surface area contributed by atoms with Gasteiger partial charge in [0.25, 0.3) is 11.1 Å².